The molecule has 6 unspecified atom stereocenters. The van der Waals surface area contributed by atoms with Crippen LogP contribution < -0.4 is 0 Å². The average Bonchev–Trinajstić information content (AvgIpc) is 3.18. The van der Waals surface area contributed by atoms with E-state index >= 15 is 0 Å². The van der Waals surface area contributed by atoms with E-state index < -0.39 is 0 Å². The SMILES string of the molecule is CC(=O)OC1CCC2(C)C(=CCC3C4CCC(=O)C4(C)CCC32)C1.CC(=O)c1ccc(O)c(CC=C(C)C)c1. The first-order valence-electron chi connectivity index (χ1n) is 14.7. The van der Waals surface area contributed by atoms with E-state index in [1.54, 1.807) is 18.2 Å². The number of fused-ring (bicyclic) bond motifs is 5. The molecule has 5 heteroatoms. The molecular weight excluding hydrogens is 488 g/mol. The molecule has 1 aromatic rings. The number of ketones is 2. The van der Waals surface area contributed by atoms with Crippen LogP contribution in [0.25, 0.3) is 0 Å². The molecule has 0 aromatic heterocycles. The van der Waals surface area contributed by atoms with Gasteiger partial charge >= 0.3 is 5.97 Å². The third kappa shape index (κ3) is 5.93. The molecule has 4 aliphatic rings. The van der Waals surface area contributed by atoms with Gasteiger partial charge in [-0.15, -0.1) is 0 Å². The van der Waals surface area contributed by atoms with E-state index in [2.05, 4.69) is 19.9 Å². The molecule has 3 fully saturated rings. The van der Waals surface area contributed by atoms with Gasteiger partial charge < -0.3 is 9.84 Å². The molecular formula is C34H46O5. The highest BCUT2D eigenvalue weighted by atomic mass is 16.5. The quantitative estimate of drug-likeness (QED) is 0.245. The van der Waals surface area contributed by atoms with Crippen molar-refractivity contribution >= 4 is 17.5 Å². The predicted molar refractivity (Wildman–Crippen MR) is 154 cm³/mol. The van der Waals surface area contributed by atoms with Crippen LogP contribution in [0, 0.1) is 28.6 Å². The highest BCUT2D eigenvalue weighted by Crippen LogP contribution is 2.64. The number of phenolic OH excluding ortho intramolecular Hbond substituents is 1. The minimum absolute atomic E-state index is 0.0217. The Labute approximate surface area is 234 Å². The van der Waals surface area contributed by atoms with E-state index in [1.165, 1.54) is 31.4 Å². The molecule has 5 rings (SSSR count). The van der Waals surface area contributed by atoms with Crippen molar-refractivity contribution in [1.82, 2.24) is 0 Å². The maximum absolute atomic E-state index is 12.4. The fourth-order valence-corrected chi connectivity index (χ4v) is 8.02. The summed E-state index contributed by atoms with van der Waals surface area (Å²) in [5, 5.41) is 9.59. The highest BCUT2D eigenvalue weighted by Gasteiger charge is 2.58. The molecule has 6 atom stereocenters. The molecule has 212 valence electrons. The number of rotatable bonds is 4. The van der Waals surface area contributed by atoms with Crippen LogP contribution in [0.3, 0.4) is 0 Å². The Morgan fingerprint density at radius 3 is 2.38 bits per heavy atom. The van der Waals surface area contributed by atoms with Gasteiger partial charge in [0.15, 0.2) is 5.78 Å². The van der Waals surface area contributed by atoms with Crippen molar-refractivity contribution < 1.29 is 24.2 Å². The van der Waals surface area contributed by atoms with Crippen LogP contribution in [-0.2, 0) is 20.7 Å². The first kappa shape index (κ1) is 29.3. The van der Waals surface area contributed by atoms with Crippen LogP contribution in [0.4, 0.5) is 0 Å². The van der Waals surface area contributed by atoms with Gasteiger partial charge in [0.25, 0.3) is 0 Å². The summed E-state index contributed by atoms with van der Waals surface area (Å²) in [7, 11) is 0. The lowest BCUT2D eigenvalue weighted by Gasteiger charge is -2.56. The fourth-order valence-electron chi connectivity index (χ4n) is 8.02. The minimum atomic E-state index is -0.157. The van der Waals surface area contributed by atoms with Crippen molar-refractivity contribution in [3.63, 3.8) is 0 Å². The van der Waals surface area contributed by atoms with Crippen LogP contribution in [0.1, 0.15) is 109 Å². The van der Waals surface area contributed by atoms with E-state index in [9.17, 15) is 19.5 Å². The summed E-state index contributed by atoms with van der Waals surface area (Å²) in [5.74, 6) is 2.60. The molecule has 0 heterocycles. The van der Waals surface area contributed by atoms with Crippen LogP contribution >= 0.6 is 0 Å². The average molecular weight is 535 g/mol. The molecule has 39 heavy (non-hydrogen) atoms. The summed E-state index contributed by atoms with van der Waals surface area (Å²) in [5.41, 5.74) is 4.37. The summed E-state index contributed by atoms with van der Waals surface area (Å²) in [6, 6.07) is 4.96. The molecule has 5 nitrogen and oxygen atoms in total. The van der Waals surface area contributed by atoms with Crippen LogP contribution in [-0.4, -0.2) is 28.7 Å². The Morgan fingerprint density at radius 1 is 1.03 bits per heavy atom. The van der Waals surface area contributed by atoms with Crippen LogP contribution in [0.2, 0.25) is 0 Å². The molecule has 0 bridgehead atoms. The Bertz CT molecular complexity index is 1190. The third-order valence-electron chi connectivity index (χ3n) is 10.3. The monoisotopic (exact) mass is 534 g/mol. The number of allylic oxidation sites excluding steroid dienone is 3. The topological polar surface area (TPSA) is 80.7 Å². The first-order valence-corrected chi connectivity index (χ1v) is 14.7. The van der Waals surface area contributed by atoms with Crippen molar-refractivity contribution in [3.05, 3.63) is 52.6 Å². The number of ether oxygens (including phenoxy) is 1. The van der Waals surface area contributed by atoms with Crippen molar-refractivity contribution in [2.75, 3.05) is 0 Å². The van der Waals surface area contributed by atoms with Gasteiger partial charge in [-0.05, 0) is 113 Å². The predicted octanol–water partition coefficient (Wildman–Crippen LogP) is 7.55. The number of carbonyl (C=O) groups excluding carboxylic acids is 3. The molecule has 1 aromatic carbocycles. The number of hydrogen-bond donors (Lipinski definition) is 1. The van der Waals surface area contributed by atoms with Crippen LogP contribution in [0.5, 0.6) is 5.75 Å². The third-order valence-corrected chi connectivity index (χ3v) is 10.3. The Balaban J connectivity index is 0.000000204. The van der Waals surface area contributed by atoms with Gasteiger partial charge in [0.1, 0.15) is 17.6 Å². The van der Waals surface area contributed by atoms with Gasteiger partial charge in [0.2, 0.25) is 0 Å². The summed E-state index contributed by atoms with van der Waals surface area (Å²) >= 11 is 0. The van der Waals surface area contributed by atoms with Crippen molar-refractivity contribution in [2.45, 2.75) is 105 Å². The molecule has 3 saturated carbocycles. The van der Waals surface area contributed by atoms with Gasteiger partial charge in [0, 0.05) is 30.7 Å². The number of carbonyl (C=O) groups is 3. The van der Waals surface area contributed by atoms with E-state index in [0.29, 0.717) is 35.5 Å². The number of benzene rings is 1. The zero-order chi connectivity index (χ0) is 28.5. The second kappa shape index (κ2) is 11.4. The maximum Gasteiger partial charge on any atom is 0.302 e. The lowest BCUT2D eigenvalue weighted by Crippen LogP contribution is -2.50. The summed E-state index contributed by atoms with van der Waals surface area (Å²) < 4.78 is 5.50. The molecule has 0 radical (unpaired) electrons. The van der Waals surface area contributed by atoms with Crippen LogP contribution in [0.15, 0.2) is 41.5 Å². The Hall–Kier alpha value is -2.69. The number of phenols is 1. The molecule has 4 aliphatic carbocycles. The lowest BCUT2D eigenvalue weighted by atomic mass is 9.48. The standard InChI is InChI=1S/C21H30O3.C13H16O2/c1-13(22)24-15-8-10-20(2)14(12-15)4-5-16-17-6-7-19(23)21(17,3)11-9-18(16)20;1-9(2)4-5-12-8-11(10(3)14)6-7-13(12)15/h4,15-18H,5-12H2,1-3H3;4,6-8,15H,5H2,1-3H3. The summed E-state index contributed by atoms with van der Waals surface area (Å²) in [4.78, 5) is 34.9. The largest absolute Gasteiger partial charge is 0.508 e. The lowest BCUT2D eigenvalue weighted by molar-refractivity contribution is -0.148. The molecule has 1 N–H and O–H groups in total. The number of Topliss-reactive ketones (excluding diaryl/α,β-unsaturated/α-hetero) is 2. The van der Waals surface area contributed by atoms with E-state index in [1.807, 2.05) is 19.9 Å². The Morgan fingerprint density at radius 2 is 1.72 bits per heavy atom. The number of aromatic hydroxyl groups is 1. The zero-order valence-corrected chi connectivity index (χ0v) is 24.6. The normalized spacial score (nSPS) is 32.9. The molecule has 0 aliphatic heterocycles. The fraction of sp³-hybridized carbons (Fsp3) is 0.618. The highest BCUT2D eigenvalue weighted by molar-refractivity contribution is 5.94. The Kier molecular flexibility index (Phi) is 8.58. The van der Waals surface area contributed by atoms with Gasteiger partial charge in [-0.2, -0.15) is 0 Å². The number of esters is 1. The smallest absolute Gasteiger partial charge is 0.302 e. The van der Waals surface area contributed by atoms with E-state index in [4.69, 9.17) is 4.74 Å². The maximum atomic E-state index is 12.4. The second-order valence-electron chi connectivity index (χ2n) is 13.0. The number of hydrogen-bond acceptors (Lipinski definition) is 5. The van der Waals surface area contributed by atoms with Gasteiger partial charge in [0.05, 0.1) is 0 Å². The van der Waals surface area contributed by atoms with Crippen molar-refractivity contribution in [1.29, 1.82) is 0 Å². The summed E-state index contributed by atoms with van der Waals surface area (Å²) in [6.07, 6.45) is 13.5. The van der Waals surface area contributed by atoms with Gasteiger partial charge in [-0.25, -0.2) is 0 Å². The molecule has 0 amide bonds. The van der Waals surface area contributed by atoms with Gasteiger partial charge in [-0.3, -0.25) is 14.4 Å². The molecule has 0 saturated heterocycles. The van der Waals surface area contributed by atoms with E-state index in [0.717, 1.165) is 50.5 Å². The minimum Gasteiger partial charge on any atom is -0.508 e. The van der Waals surface area contributed by atoms with E-state index in [-0.39, 0.29) is 34.4 Å². The van der Waals surface area contributed by atoms with Gasteiger partial charge in [-0.1, -0.05) is 37.1 Å². The van der Waals surface area contributed by atoms with Crippen molar-refractivity contribution in [2.24, 2.45) is 28.6 Å². The second-order valence-corrected chi connectivity index (χ2v) is 13.0. The summed E-state index contributed by atoms with van der Waals surface area (Å²) in [6.45, 7) is 11.7. The first-order chi connectivity index (χ1) is 18.3. The zero-order valence-electron chi connectivity index (χ0n) is 24.6. The molecule has 0 spiro atoms. The van der Waals surface area contributed by atoms with Crippen molar-refractivity contribution in [3.8, 4) is 5.75 Å².